The zero-order valence-electron chi connectivity index (χ0n) is 8.65. The average Bonchev–Trinajstić information content (AvgIpc) is 2.30. The van der Waals surface area contributed by atoms with Crippen molar-refractivity contribution in [2.24, 2.45) is 0 Å². The number of phenols is 1. The minimum absolute atomic E-state index is 0.214. The van der Waals surface area contributed by atoms with Crippen molar-refractivity contribution >= 4 is 5.69 Å². The van der Waals surface area contributed by atoms with Crippen molar-refractivity contribution in [1.29, 1.82) is 0 Å². The zero-order chi connectivity index (χ0) is 11.4. The molecule has 2 aromatic rings. The molecule has 0 aliphatic heterocycles. The predicted octanol–water partition coefficient (Wildman–Crippen LogP) is 3.14. The van der Waals surface area contributed by atoms with E-state index in [4.69, 9.17) is 5.11 Å². The highest BCUT2D eigenvalue weighted by Gasteiger charge is 1.99. The van der Waals surface area contributed by atoms with Crippen molar-refractivity contribution in [3.63, 3.8) is 0 Å². The fourth-order valence-corrected chi connectivity index (χ4v) is 1.42. The lowest BCUT2D eigenvalue weighted by molar-refractivity contribution is 0.475. The van der Waals surface area contributed by atoms with E-state index >= 15 is 0 Å². The summed E-state index contributed by atoms with van der Waals surface area (Å²) < 4.78 is 13.3. The molecule has 2 rings (SSSR count). The number of aromatic hydroxyl groups is 1. The maximum Gasteiger partial charge on any atom is 0.128 e. The van der Waals surface area contributed by atoms with Crippen LogP contribution in [-0.4, -0.2) is 5.11 Å². The molecule has 2 N–H and O–H groups in total. The van der Waals surface area contributed by atoms with Gasteiger partial charge in [0.2, 0.25) is 0 Å². The van der Waals surface area contributed by atoms with E-state index in [9.17, 15) is 4.39 Å². The Hall–Kier alpha value is -2.03. The first-order valence-corrected chi connectivity index (χ1v) is 5.02. The lowest BCUT2D eigenvalue weighted by atomic mass is 10.2. The van der Waals surface area contributed by atoms with Crippen LogP contribution in [0.3, 0.4) is 0 Å². The third-order valence-corrected chi connectivity index (χ3v) is 2.31. The van der Waals surface area contributed by atoms with Crippen molar-refractivity contribution in [3.05, 3.63) is 59.9 Å². The molecule has 0 fully saturated rings. The first-order valence-electron chi connectivity index (χ1n) is 5.02. The Balaban J connectivity index is 2.02. The van der Waals surface area contributed by atoms with Crippen LogP contribution in [0.5, 0.6) is 5.75 Å². The van der Waals surface area contributed by atoms with Crippen molar-refractivity contribution in [1.82, 2.24) is 0 Å². The van der Waals surface area contributed by atoms with E-state index < -0.39 is 0 Å². The minimum atomic E-state index is -0.214. The van der Waals surface area contributed by atoms with Crippen LogP contribution in [0.15, 0.2) is 48.5 Å². The van der Waals surface area contributed by atoms with E-state index in [0.717, 1.165) is 5.69 Å². The second-order valence-electron chi connectivity index (χ2n) is 3.49. The normalized spacial score (nSPS) is 10.1. The number of nitrogens with one attached hydrogen (secondary N) is 1. The molecular formula is C13H12FNO. The highest BCUT2D eigenvalue weighted by molar-refractivity contribution is 5.46. The number of benzene rings is 2. The Morgan fingerprint density at radius 1 is 1.00 bits per heavy atom. The van der Waals surface area contributed by atoms with Gasteiger partial charge in [-0.25, -0.2) is 4.39 Å². The monoisotopic (exact) mass is 217 g/mol. The van der Waals surface area contributed by atoms with Crippen LogP contribution in [0.1, 0.15) is 5.56 Å². The minimum Gasteiger partial charge on any atom is -0.508 e. The molecule has 0 aromatic heterocycles. The lowest BCUT2D eigenvalue weighted by Gasteiger charge is -2.07. The summed E-state index contributed by atoms with van der Waals surface area (Å²) in [5, 5.41) is 12.2. The van der Waals surface area contributed by atoms with Crippen molar-refractivity contribution in [3.8, 4) is 5.75 Å². The molecule has 0 spiro atoms. The molecule has 0 atom stereocenters. The summed E-state index contributed by atoms with van der Waals surface area (Å²) in [5.41, 5.74) is 1.47. The fourth-order valence-electron chi connectivity index (χ4n) is 1.42. The van der Waals surface area contributed by atoms with E-state index in [-0.39, 0.29) is 11.6 Å². The van der Waals surface area contributed by atoms with E-state index in [2.05, 4.69) is 5.32 Å². The molecular weight excluding hydrogens is 205 g/mol. The molecule has 2 nitrogen and oxygen atoms in total. The maximum absolute atomic E-state index is 13.3. The van der Waals surface area contributed by atoms with Crippen molar-refractivity contribution in [2.75, 3.05) is 5.32 Å². The summed E-state index contributed by atoms with van der Waals surface area (Å²) in [6.45, 7) is 0.428. The molecule has 0 saturated heterocycles. The van der Waals surface area contributed by atoms with Crippen LogP contribution >= 0.6 is 0 Å². The van der Waals surface area contributed by atoms with E-state index in [1.807, 2.05) is 0 Å². The summed E-state index contributed by atoms with van der Waals surface area (Å²) in [7, 11) is 0. The van der Waals surface area contributed by atoms with Gasteiger partial charge in [0.25, 0.3) is 0 Å². The number of halogens is 1. The second-order valence-corrected chi connectivity index (χ2v) is 3.49. The molecule has 16 heavy (non-hydrogen) atoms. The van der Waals surface area contributed by atoms with Crippen LogP contribution in [-0.2, 0) is 6.54 Å². The summed E-state index contributed by atoms with van der Waals surface area (Å²) in [6.07, 6.45) is 0. The first kappa shape index (κ1) is 10.5. The van der Waals surface area contributed by atoms with Gasteiger partial charge in [-0.05, 0) is 30.3 Å². The Labute approximate surface area is 93.4 Å². The Bertz CT molecular complexity index is 468. The second kappa shape index (κ2) is 4.66. The summed E-state index contributed by atoms with van der Waals surface area (Å²) in [5.74, 6) is 0.00483. The molecule has 82 valence electrons. The first-order chi connectivity index (χ1) is 7.75. The van der Waals surface area contributed by atoms with E-state index in [1.165, 1.54) is 6.07 Å². The smallest absolute Gasteiger partial charge is 0.128 e. The Morgan fingerprint density at radius 2 is 1.69 bits per heavy atom. The van der Waals surface area contributed by atoms with Crippen LogP contribution in [0.4, 0.5) is 10.1 Å². The highest BCUT2D eigenvalue weighted by atomic mass is 19.1. The van der Waals surface area contributed by atoms with Gasteiger partial charge in [-0.15, -0.1) is 0 Å². The van der Waals surface area contributed by atoms with Gasteiger partial charge < -0.3 is 10.4 Å². The molecule has 3 heteroatoms. The molecule has 0 aliphatic carbocycles. The molecule has 0 saturated carbocycles. The van der Waals surface area contributed by atoms with E-state index in [1.54, 1.807) is 42.5 Å². The quantitative estimate of drug-likeness (QED) is 0.774. The van der Waals surface area contributed by atoms with Crippen molar-refractivity contribution < 1.29 is 9.50 Å². The molecule has 0 radical (unpaired) electrons. The molecule has 0 unspecified atom stereocenters. The lowest BCUT2D eigenvalue weighted by Crippen LogP contribution is -2.01. The van der Waals surface area contributed by atoms with Gasteiger partial charge in [0.1, 0.15) is 11.6 Å². The zero-order valence-corrected chi connectivity index (χ0v) is 8.65. The summed E-state index contributed by atoms with van der Waals surface area (Å²) in [6, 6.07) is 13.3. The molecule has 0 aliphatic rings. The van der Waals surface area contributed by atoms with Gasteiger partial charge in [-0.3, -0.25) is 0 Å². The van der Waals surface area contributed by atoms with Gasteiger partial charge in [-0.2, -0.15) is 0 Å². The predicted molar refractivity (Wildman–Crippen MR) is 61.8 cm³/mol. The number of phenolic OH excluding ortho intramolecular Hbond substituents is 1. The molecule has 0 heterocycles. The number of hydrogen-bond donors (Lipinski definition) is 2. The largest absolute Gasteiger partial charge is 0.508 e. The maximum atomic E-state index is 13.3. The van der Waals surface area contributed by atoms with Gasteiger partial charge in [0, 0.05) is 17.8 Å². The van der Waals surface area contributed by atoms with Crippen molar-refractivity contribution in [2.45, 2.75) is 6.54 Å². The van der Waals surface area contributed by atoms with Gasteiger partial charge in [-0.1, -0.05) is 18.2 Å². The fraction of sp³-hybridized carbons (Fsp3) is 0.0769. The third kappa shape index (κ3) is 2.51. The van der Waals surface area contributed by atoms with Crippen LogP contribution < -0.4 is 5.32 Å². The third-order valence-electron chi connectivity index (χ3n) is 2.31. The topological polar surface area (TPSA) is 32.3 Å². The highest BCUT2D eigenvalue weighted by Crippen LogP contribution is 2.15. The summed E-state index contributed by atoms with van der Waals surface area (Å²) in [4.78, 5) is 0. The number of anilines is 1. The molecule has 2 aromatic carbocycles. The average molecular weight is 217 g/mol. The van der Waals surface area contributed by atoms with Crippen LogP contribution in [0, 0.1) is 5.82 Å². The number of hydrogen-bond acceptors (Lipinski definition) is 2. The molecule has 0 amide bonds. The van der Waals surface area contributed by atoms with Crippen LogP contribution in [0.2, 0.25) is 0 Å². The molecule has 0 bridgehead atoms. The summed E-state index contributed by atoms with van der Waals surface area (Å²) >= 11 is 0. The van der Waals surface area contributed by atoms with Gasteiger partial charge in [0.15, 0.2) is 0 Å². The number of rotatable bonds is 3. The van der Waals surface area contributed by atoms with E-state index in [0.29, 0.717) is 12.1 Å². The SMILES string of the molecule is Oc1ccc(NCc2ccccc2F)cc1. The Morgan fingerprint density at radius 3 is 2.38 bits per heavy atom. The van der Waals surface area contributed by atoms with Gasteiger partial charge in [0.05, 0.1) is 0 Å². The Kier molecular flexibility index (Phi) is 3.05. The van der Waals surface area contributed by atoms with Gasteiger partial charge >= 0.3 is 0 Å². The standard InChI is InChI=1S/C13H12FNO/c14-13-4-2-1-3-10(13)9-15-11-5-7-12(16)8-6-11/h1-8,15-16H,9H2. The van der Waals surface area contributed by atoms with Crippen LogP contribution in [0.25, 0.3) is 0 Å².